The molecule has 0 spiro atoms. The first kappa shape index (κ1) is 13.4. The van der Waals surface area contributed by atoms with Crippen LogP contribution in [0.15, 0.2) is 0 Å². The van der Waals surface area contributed by atoms with Crippen molar-refractivity contribution in [2.75, 3.05) is 13.1 Å². The molecule has 3 nitrogen and oxygen atoms in total. The van der Waals surface area contributed by atoms with Gasteiger partial charge in [-0.15, -0.1) is 0 Å². The van der Waals surface area contributed by atoms with Crippen LogP contribution in [0.3, 0.4) is 0 Å². The van der Waals surface area contributed by atoms with Gasteiger partial charge in [-0.25, -0.2) is 0 Å². The van der Waals surface area contributed by atoms with Gasteiger partial charge in [0.1, 0.15) is 0 Å². The van der Waals surface area contributed by atoms with Crippen molar-refractivity contribution in [2.45, 2.75) is 46.0 Å². The zero-order valence-corrected chi connectivity index (χ0v) is 9.51. The van der Waals surface area contributed by atoms with Crippen molar-refractivity contribution >= 4 is 5.91 Å². The Kier molecular flexibility index (Phi) is 8.64. The SMILES string of the molecule is CCCCCNC(=O)C(CN)CCC. The van der Waals surface area contributed by atoms with Gasteiger partial charge in [-0.1, -0.05) is 33.1 Å². The molecule has 0 heterocycles. The fourth-order valence-corrected chi connectivity index (χ4v) is 1.44. The summed E-state index contributed by atoms with van der Waals surface area (Å²) in [5.41, 5.74) is 5.53. The Labute approximate surface area is 87.4 Å². The molecule has 3 heteroatoms. The fourth-order valence-electron chi connectivity index (χ4n) is 1.44. The normalized spacial score (nSPS) is 12.5. The molecule has 0 aromatic heterocycles. The molecule has 0 aromatic rings. The summed E-state index contributed by atoms with van der Waals surface area (Å²) in [6, 6.07) is 0. The van der Waals surface area contributed by atoms with Crippen molar-refractivity contribution in [1.82, 2.24) is 5.32 Å². The molecule has 3 N–H and O–H groups in total. The van der Waals surface area contributed by atoms with Crippen LogP contribution in [-0.2, 0) is 4.79 Å². The van der Waals surface area contributed by atoms with Crippen LogP contribution < -0.4 is 11.1 Å². The van der Waals surface area contributed by atoms with Gasteiger partial charge in [0, 0.05) is 13.1 Å². The van der Waals surface area contributed by atoms with Gasteiger partial charge in [-0.05, 0) is 12.8 Å². The molecule has 0 saturated heterocycles. The predicted molar refractivity (Wildman–Crippen MR) is 60.0 cm³/mol. The van der Waals surface area contributed by atoms with E-state index in [4.69, 9.17) is 5.73 Å². The molecule has 0 aliphatic rings. The number of rotatable bonds is 8. The van der Waals surface area contributed by atoms with Gasteiger partial charge >= 0.3 is 0 Å². The summed E-state index contributed by atoms with van der Waals surface area (Å²) in [6.45, 7) is 5.49. The highest BCUT2D eigenvalue weighted by atomic mass is 16.1. The van der Waals surface area contributed by atoms with E-state index in [2.05, 4.69) is 19.2 Å². The number of hydrogen-bond donors (Lipinski definition) is 2. The summed E-state index contributed by atoms with van der Waals surface area (Å²) in [7, 11) is 0. The van der Waals surface area contributed by atoms with E-state index in [1.807, 2.05) is 0 Å². The smallest absolute Gasteiger partial charge is 0.224 e. The molecule has 0 aliphatic heterocycles. The Bertz CT molecular complexity index is 148. The molecule has 1 unspecified atom stereocenters. The average Bonchev–Trinajstić information content (AvgIpc) is 2.20. The van der Waals surface area contributed by atoms with Crippen LogP contribution in [0.2, 0.25) is 0 Å². The van der Waals surface area contributed by atoms with Crippen molar-refractivity contribution in [3.8, 4) is 0 Å². The summed E-state index contributed by atoms with van der Waals surface area (Å²) < 4.78 is 0. The number of unbranched alkanes of at least 4 members (excludes halogenated alkanes) is 2. The second-order valence-corrected chi connectivity index (χ2v) is 3.72. The molecule has 84 valence electrons. The minimum atomic E-state index is 0.0154. The van der Waals surface area contributed by atoms with Crippen LogP contribution in [0.1, 0.15) is 46.0 Å². The highest BCUT2D eigenvalue weighted by molar-refractivity contribution is 5.78. The maximum absolute atomic E-state index is 11.5. The van der Waals surface area contributed by atoms with Gasteiger partial charge in [0.05, 0.1) is 5.92 Å². The lowest BCUT2D eigenvalue weighted by Gasteiger charge is -2.13. The molecular weight excluding hydrogens is 176 g/mol. The van der Waals surface area contributed by atoms with Gasteiger partial charge in [0.15, 0.2) is 0 Å². The summed E-state index contributed by atoms with van der Waals surface area (Å²) >= 11 is 0. The third kappa shape index (κ3) is 5.97. The lowest BCUT2D eigenvalue weighted by atomic mass is 10.0. The van der Waals surface area contributed by atoms with Crippen LogP contribution in [0.5, 0.6) is 0 Å². The van der Waals surface area contributed by atoms with E-state index in [-0.39, 0.29) is 11.8 Å². The molecule has 0 saturated carbocycles. The summed E-state index contributed by atoms with van der Waals surface area (Å²) in [4.78, 5) is 11.5. The molecule has 0 rings (SSSR count). The molecule has 0 aromatic carbocycles. The molecule has 0 radical (unpaired) electrons. The molecule has 0 bridgehead atoms. The Morgan fingerprint density at radius 1 is 1.29 bits per heavy atom. The van der Waals surface area contributed by atoms with Crippen molar-refractivity contribution in [1.29, 1.82) is 0 Å². The quantitative estimate of drug-likeness (QED) is 0.586. The number of nitrogens with one attached hydrogen (secondary N) is 1. The van der Waals surface area contributed by atoms with Gasteiger partial charge < -0.3 is 11.1 Å². The third-order valence-electron chi connectivity index (χ3n) is 2.37. The van der Waals surface area contributed by atoms with E-state index in [0.717, 1.165) is 25.8 Å². The zero-order valence-electron chi connectivity index (χ0n) is 9.51. The number of carbonyl (C=O) groups excluding carboxylic acids is 1. The Morgan fingerprint density at radius 2 is 2.00 bits per heavy atom. The predicted octanol–water partition coefficient (Wildman–Crippen LogP) is 1.67. The number of amides is 1. The van der Waals surface area contributed by atoms with Crippen molar-refractivity contribution in [2.24, 2.45) is 11.7 Å². The second-order valence-electron chi connectivity index (χ2n) is 3.72. The van der Waals surface area contributed by atoms with Crippen LogP contribution in [0.4, 0.5) is 0 Å². The first-order valence-corrected chi connectivity index (χ1v) is 5.74. The van der Waals surface area contributed by atoms with E-state index < -0.39 is 0 Å². The monoisotopic (exact) mass is 200 g/mol. The fraction of sp³-hybridized carbons (Fsp3) is 0.909. The van der Waals surface area contributed by atoms with Gasteiger partial charge in [0.25, 0.3) is 0 Å². The number of nitrogens with two attached hydrogens (primary N) is 1. The van der Waals surface area contributed by atoms with Gasteiger partial charge in [0.2, 0.25) is 5.91 Å². The Morgan fingerprint density at radius 3 is 2.50 bits per heavy atom. The molecule has 1 amide bonds. The van der Waals surface area contributed by atoms with Crippen LogP contribution in [0.25, 0.3) is 0 Å². The third-order valence-corrected chi connectivity index (χ3v) is 2.37. The van der Waals surface area contributed by atoms with Crippen LogP contribution >= 0.6 is 0 Å². The number of hydrogen-bond acceptors (Lipinski definition) is 2. The van der Waals surface area contributed by atoms with E-state index in [1.54, 1.807) is 0 Å². The molecular formula is C11H24N2O. The highest BCUT2D eigenvalue weighted by Gasteiger charge is 2.14. The van der Waals surface area contributed by atoms with E-state index in [0.29, 0.717) is 6.54 Å². The van der Waals surface area contributed by atoms with Crippen molar-refractivity contribution in [3.05, 3.63) is 0 Å². The van der Waals surface area contributed by atoms with Crippen LogP contribution in [0, 0.1) is 5.92 Å². The Balaban J connectivity index is 3.58. The highest BCUT2D eigenvalue weighted by Crippen LogP contribution is 2.04. The minimum absolute atomic E-state index is 0.0154. The van der Waals surface area contributed by atoms with Crippen molar-refractivity contribution in [3.63, 3.8) is 0 Å². The first-order valence-electron chi connectivity index (χ1n) is 5.74. The minimum Gasteiger partial charge on any atom is -0.356 e. The first-order chi connectivity index (χ1) is 6.76. The van der Waals surface area contributed by atoms with Gasteiger partial charge in [-0.2, -0.15) is 0 Å². The number of carbonyl (C=O) groups is 1. The molecule has 0 fully saturated rings. The standard InChI is InChI=1S/C11H24N2O/c1-3-5-6-8-13-11(14)10(9-12)7-4-2/h10H,3-9,12H2,1-2H3,(H,13,14). The largest absolute Gasteiger partial charge is 0.356 e. The molecule has 1 atom stereocenters. The lowest BCUT2D eigenvalue weighted by Crippen LogP contribution is -2.35. The van der Waals surface area contributed by atoms with E-state index >= 15 is 0 Å². The molecule has 0 aliphatic carbocycles. The average molecular weight is 200 g/mol. The topological polar surface area (TPSA) is 55.1 Å². The van der Waals surface area contributed by atoms with Crippen molar-refractivity contribution < 1.29 is 4.79 Å². The maximum atomic E-state index is 11.5. The summed E-state index contributed by atoms with van der Waals surface area (Å²) in [5, 5.41) is 2.93. The van der Waals surface area contributed by atoms with E-state index in [9.17, 15) is 4.79 Å². The van der Waals surface area contributed by atoms with Crippen LogP contribution in [-0.4, -0.2) is 19.0 Å². The summed E-state index contributed by atoms with van der Waals surface area (Å²) in [5.74, 6) is 0.145. The molecule has 14 heavy (non-hydrogen) atoms. The lowest BCUT2D eigenvalue weighted by molar-refractivity contribution is -0.124. The zero-order chi connectivity index (χ0) is 10.8. The Hall–Kier alpha value is -0.570. The summed E-state index contributed by atoms with van der Waals surface area (Å²) in [6.07, 6.45) is 5.36. The van der Waals surface area contributed by atoms with Gasteiger partial charge in [-0.3, -0.25) is 4.79 Å². The maximum Gasteiger partial charge on any atom is 0.224 e. The van der Waals surface area contributed by atoms with E-state index in [1.165, 1.54) is 12.8 Å². The second kappa shape index (κ2) is 9.00.